The summed E-state index contributed by atoms with van der Waals surface area (Å²) in [6, 6.07) is 14.2. The summed E-state index contributed by atoms with van der Waals surface area (Å²) >= 11 is -0.582. The summed E-state index contributed by atoms with van der Waals surface area (Å²) in [7, 11) is 0. The van der Waals surface area contributed by atoms with E-state index in [0.29, 0.717) is 10.1 Å². The van der Waals surface area contributed by atoms with Crippen LogP contribution >= 0.6 is 0 Å². The van der Waals surface area contributed by atoms with Crippen molar-refractivity contribution in [2.75, 3.05) is 11.9 Å². The third-order valence-corrected chi connectivity index (χ3v) is 6.86. The molecule has 0 heterocycles. The number of carbonyl (C=O) groups excluding carboxylic acids is 1. The van der Waals surface area contributed by atoms with Crippen molar-refractivity contribution in [2.45, 2.75) is 30.4 Å². The maximum atomic E-state index is 13.1. The molecule has 2 rings (SSSR count). The number of para-hydroxylation sites is 1. The van der Waals surface area contributed by atoms with Gasteiger partial charge in [-0.1, -0.05) is 0 Å². The van der Waals surface area contributed by atoms with Gasteiger partial charge in [-0.15, -0.1) is 0 Å². The van der Waals surface area contributed by atoms with Crippen LogP contribution in [0.3, 0.4) is 0 Å². The second kappa shape index (κ2) is 8.87. The van der Waals surface area contributed by atoms with Crippen LogP contribution in [0.1, 0.15) is 13.8 Å². The number of alkyl halides is 3. The van der Waals surface area contributed by atoms with Crippen LogP contribution in [0.25, 0.3) is 0 Å². The number of rotatable bonds is 7. The van der Waals surface area contributed by atoms with Gasteiger partial charge in [-0.25, -0.2) is 0 Å². The van der Waals surface area contributed by atoms with Gasteiger partial charge in [0.2, 0.25) is 0 Å². The molecule has 1 atom stereocenters. The van der Waals surface area contributed by atoms with E-state index in [-0.39, 0.29) is 0 Å². The molecule has 0 spiro atoms. The molecule has 1 amide bonds. The quantitative estimate of drug-likeness (QED) is 0.515. The topological polar surface area (TPSA) is 38.3 Å². The van der Waals surface area contributed by atoms with Crippen LogP contribution in [0.5, 0.6) is 0 Å². The molecule has 0 aromatic heterocycles. The Morgan fingerprint density at radius 2 is 1.67 bits per heavy atom. The van der Waals surface area contributed by atoms with Crippen molar-refractivity contribution in [1.29, 1.82) is 0 Å². The van der Waals surface area contributed by atoms with E-state index >= 15 is 0 Å². The first-order chi connectivity index (χ1) is 12.6. The van der Waals surface area contributed by atoms with Crippen molar-refractivity contribution < 1.29 is 27.1 Å². The molecule has 0 radical (unpaired) electrons. The van der Waals surface area contributed by atoms with Crippen LogP contribution in [0, 0.1) is 5.82 Å². The summed E-state index contributed by atoms with van der Waals surface area (Å²) in [6.45, 7) is 1.47. The Morgan fingerprint density at radius 3 is 2.22 bits per heavy atom. The SMILES string of the molecule is CC(C)(OCC(F)(F)F)C([Se]c1ccc(F)cc1)C(=O)Nc1ccccc1. The molecular weight excluding hydrogens is 429 g/mol. The minimum atomic E-state index is -4.50. The van der Waals surface area contributed by atoms with E-state index in [1.165, 1.54) is 38.1 Å². The van der Waals surface area contributed by atoms with Gasteiger partial charge in [0, 0.05) is 0 Å². The van der Waals surface area contributed by atoms with Crippen molar-refractivity contribution in [3.63, 3.8) is 0 Å². The molecule has 2 aromatic carbocycles. The number of amides is 1. The third kappa shape index (κ3) is 6.97. The van der Waals surface area contributed by atoms with Gasteiger partial charge in [0.15, 0.2) is 0 Å². The van der Waals surface area contributed by atoms with Crippen molar-refractivity contribution in [2.24, 2.45) is 0 Å². The van der Waals surface area contributed by atoms with Crippen LogP contribution in [0.2, 0.25) is 4.82 Å². The van der Waals surface area contributed by atoms with Crippen molar-refractivity contribution >= 4 is 31.0 Å². The minimum absolute atomic E-state index is 0.424. The van der Waals surface area contributed by atoms with Crippen LogP contribution in [0.4, 0.5) is 23.2 Å². The van der Waals surface area contributed by atoms with Crippen LogP contribution < -0.4 is 9.78 Å². The molecule has 2 aromatic rings. The molecule has 0 aliphatic heterocycles. The van der Waals surface area contributed by atoms with Gasteiger partial charge in [0.05, 0.1) is 0 Å². The van der Waals surface area contributed by atoms with Gasteiger partial charge >= 0.3 is 161 Å². The second-order valence-electron chi connectivity index (χ2n) is 6.31. The zero-order chi connectivity index (χ0) is 20.1. The van der Waals surface area contributed by atoms with E-state index < -0.39 is 49.9 Å². The normalized spacial score (nSPS) is 13.3. The Kier molecular flexibility index (Phi) is 7.03. The van der Waals surface area contributed by atoms with Gasteiger partial charge in [-0.05, 0) is 0 Å². The maximum absolute atomic E-state index is 13.1. The molecule has 1 unspecified atom stereocenters. The third-order valence-electron chi connectivity index (χ3n) is 3.59. The Hall–Kier alpha value is -1.89. The summed E-state index contributed by atoms with van der Waals surface area (Å²) in [6.07, 6.45) is -4.50. The van der Waals surface area contributed by atoms with E-state index in [0.717, 1.165) is 0 Å². The van der Waals surface area contributed by atoms with Crippen LogP contribution in [-0.2, 0) is 9.53 Å². The first-order valence-corrected chi connectivity index (χ1v) is 9.90. The van der Waals surface area contributed by atoms with Gasteiger partial charge in [-0.2, -0.15) is 0 Å². The zero-order valence-corrected chi connectivity index (χ0v) is 16.4. The molecule has 0 bridgehead atoms. The van der Waals surface area contributed by atoms with Gasteiger partial charge in [-0.3, -0.25) is 0 Å². The monoisotopic (exact) mass is 449 g/mol. The standard InChI is InChI=1S/C19H19F4NO2Se/c1-18(2,26-12-19(21,22)23)16(27-15-10-8-13(20)9-11-15)17(25)24-14-6-4-3-5-7-14/h3-11,16H,12H2,1-2H3,(H,24,25). The zero-order valence-electron chi connectivity index (χ0n) is 14.7. The average Bonchev–Trinajstić information content (AvgIpc) is 2.59. The average molecular weight is 448 g/mol. The summed E-state index contributed by atoms with van der Waals surface area (Å²) < 4.78 is 56.7. The van der Waals surface area contributed by atoms with E-state index in [1.54, 1.807) is 30.3 Å². The number of anilines is 1. The number of halogens is 4. The number of carbonyl (C=O) groups is 1. The van der Waals surface area contributed by atoms with E-state index in [1.807, 2.05) is 0 Å². The second-order valence-corrected chi connectivity index (χ2v) is 8.79. The van der Waals surface area contributed by atoms with Gasteiger partial charge in [0.25, 0.3) is 0 Å². The molecule has 27 heavy (non-hydrogen) atoms. The first kappa shape index (κ1) is 21.4. The Bertz CT molecular complexity index is 749. The number of ether oxygens (including phenoxy) is 1. The molecule has 0 aliphatic carbocycles. The van der Waals surface area contributed by atoms with E-state index in [2.05, 4.69) is 5.32 Å². The Morgan fingerprint density at radius 1 is 1.07 bits per heavy atom. The van der Waals surface area contributed by atoms with E-state index in [4.69, 9.17) is 4.74 Å². The molecule has 8 heteroatoms. The number of benzene rings is 2. The Balaban J connectivity index is 2.23. The van der Waals surface area contributed by atoms with Gasteiger partial charge < -0.3 is 0 Å². The van der Waals surface area contributed by atoms with Crippen molar-refractivity contribution in [1.82, 2.24) is 0 Å². The fourth-order valence-corrected chi connectivity index (χ4v) is 4.51. The van der Waals surface area contributed by atoms with Crippen molar-refractivity contribution in [3.05, 3.63) is 60.4 Å². The van der Waals surface area contributed by atoms with Gasteiger partial charge in [0.1, 0.15) is 0 Å². The fraction of sp³-hybridized carbons (Fsp3) is 0.316. The summed E-state index contributed by atoms with van der Waals surface area (Å²) in [5.74, 6) is -0.870. The fourth-order valence-electron chi connectivity index (χ4n) is 2.23. The predicted molar refractivity (Wildman–Crippen MR) is 96.7 cm³/mol. The number of hydrogen-bond acceptors (Lipinski definition) is 2. The molecule has 0 fully saturated rings. The number of nitrogens with one attached hydrogen (secondary N) is 1. The molecular formula is C19H19F4NO2Se. The summed E-state index contributed by atoms with van der Waals surface area (Å²) in [5.41, 5.74) is -0.836. The van der Waals surface area contributed by atoms with Crippen LogP contribution in [0.15, 0.2) is 54.6 Å². The Labute approximate surface area is 161 Å². The molecule has 146 valence electrons. The first-order valence-electron chi connectivity index (χ1n) is 8.06. The molecule has 0 saturated carbocycles. The summed E-state index contributed by atoms with van der Waals surface area (Å²) in [5, 5.41) is 2.72. The van der Waals surface area contributed by atoms with Crippen molar-refractivity contribution in [3.8, 4) is 0 Å². The number of hydrogen-bond donors (Lipinski definition) is 1. The summed E-state index contributed by atoms with van der Waals surface area (Å²) in [4.78, 5) is 12.0. The van der Waals surface area contributed by atoms with E-state index in [9.17, 15) is 22.4 Å². The molecule has 3 nitrogen and oxygen atoms in total. The predicted octanol–water partition coefficient (Wildman–Crippen LogP) is 3.94. The molecule has 1 N–H and O–H groups in total. The molecule has 0 aliphatic rings. The van der Waals surface area contributed by atoms with Crippen LogP contribution in [-0.4, -0.2) is 39.2 Å². The molecule has 0 saturated heterocycles.